The molecule has 0 spiro atoms. The van der Waals surface area contributed by atoms with E-state index < -0.39 is 0 Å². The number of anilines is 1. The van der Waals surface area contributed by atoms with E-state index in [4.69, 9.17) is 0 Å². The molecule has 1 aromatic rings. The zero-order valence-electron chi connectivity index (χ0n) is 10.1. The van der Waals surface area contributed by atoms with E-state index in [1.807, 2.05) is 36.5 Å². The van der Waals surface area contributed by atoms with Gasteiger partial charge >= 0.3 is 0 Å². The molecule has 0 saturated heterocycles. The fraction of sp³-hybridized carbons (Fsp3) is 0.727. The highest BCUT2D eigenvalue weighted by Crippen LogP contribution is 2.10. The molecule has 0 radical (unpaired) electrons. The third kappa shape index (κ3) is 4.16. The summed E-state index contributed by atoms with van der Waals surface area (Å²) in [5.74, 6) is 3.39. The molecule has 3 nitrogen and oxygen atoms in total. The Morgan fingerprint density at radius 2 is 2.33 bits per heavy atom. The molecule has 15 heavy (non-hydrogen) atoms. The van der Waals surface area contributed by atoms with Crippen molar-refractivity contribution >= 4 is 17.7 Å². The maximum absolute atomic E-state index is 4.42. The number of thioether (sulfide) groups is 1. The number of hydrogen-bond acceptors (Lipinski definition) is 3. The summed E-state index contributed by atoms with van der Waals surface area (Å²) < 4.78 is 2.04. The number of aryl methyl sites for hydroxylation is 2. The molecule has 1 heterocycles. The van der Waals surface area contributed by atoms with Crippen molar-refractivity contribution in [2.75, 3.05) is 16.8 Å². The van der Waals surface area contributed by atoms with E-state index in [2.05, 4.69) is 24.1 Å². The predicted molar refractivity (Wildman–Crippen MR) is 68.6 cm³/mol. The van der Waals surface area contributed by atoms with Crippen LogP contribution in [0.25, 0.3) is 0 Å². The van der Waals surface area contributed by atoms with Crippen molar-refractivity contribution in [1.29, 1.82) is 0 Å². The van der Waals surface area contributed by atoms with Gasteiger partial charge in [-0.05, 0) is 31.8 Å². The minimum absolute atomic E-state index is 0.490. The monoisotopic (exact) mass is 227 g/mol. The Labute approximate surface area is 96.7 Å². The van der Waals surface area contributed by atoms with E-state index in [9.17, 15) is 0 Å². The summed E-state index contributed by atoms with van der Waals surface area (Å²) in [7, 11) is 2.02. The van der Waals surface area contributed by atoms with E-state index in [1.165, 1.54) is 17.9 Å². The molecule has 1 rings (SSSR count). The minimum Gasteiger partial charge on any atom is -0.353 e. The highest BCUT2D eigenvalue weighted by atomic mass is 32.2. The average Bonchev–Trinajstić information content (AvgIpc) is 2.45. The molecule has 86 valence electrons. The molecule has 1 atom stereocenters. The van der Waals surface area contributed by atoms with Crippen LogP contribution in [0, 0.1) is 6.92 Å². The van der Waals surface area contributed by atoms with Crippen LogP contribution in [0.15, 0.2) is 6.20 Å². The van der Waals surface area contributed by atoms with Gasteiger partial charge in [0.2, 0.25) is 5.95 Å². The van der Waals surface area contributed by atoms with Crippen LogP contribution in [-0.4, -0.2) is 27.1 Å². The molecule has 0 fully saturated rings. The number of imidazole rings is 1. The smallest absolute Gasteiger partial charge is 0.202 e. The summed E-state index contributed by atoms with van der Waals surface area (Å²) in [6.45, 7) is 6.42. The zero-order chi connectivity index (χ0) is 11.3. The van der Waals surface area contributed by atoms with Crippen LogP contribution >= 0.6 is 11.8 Å². The second-order valence-corrected chi connectivity index (χ2v) is 5.24. The molecule has 4 heteroatoms. The van der Waals surface area contributed by atoms with Gasteiger partial charge in [0.25, 0.3) is 0 Å². The Morgan fingerprint density at radius 3 is 2.87 bits per heavy atom. The van der Waals surface area contributed by atoms with Crippen LogP contribution in [0.1, 0.15) is 26.0 Å². The highest BCUT2D eigenvalue weighted by Gasteiger charge is 2.06. The first-order valence-electron chi connectivity index (χ1n) is 5.47. The SMILES string of the molecule is CCSCCC(C)Nc1nc(C)cn1C. The Hall–Kier alpha value is -0.640. The topological polar surface area (TPSA) is 29.9 Å². The van der Waals surface area contributed by atoms with E-state index in [-0.39, 0.29) is 0 Å². The van der Waals surface area contributed by atoms with Crippen LogP contribution in [-0.2, 0) is 7.05 Å². The maximum Gasteiger partial charge on any atom is 0.202 e. The van der Waals surface area contributed by atoms with Gasteiger partial charge in [-0.25, -0.2) is 4.98 Å². The van der Waals surface area contributed by atoms with E-state index in [0.29, 0.717) is 6.04 Å². The number of nitrogens with one attached hydrogen (secondary N) is 1. The number of aromatic nitrogens is 2. The average molecular weight is 227 g/mol. The van der Waals surface area contributed by atoms with Gasteiger partial charge in [0.15, 0.2) is 0 Å². The zero-order valence-corrected chi connectivity index (χ0v) is 10.9. The van der Waals surface area contributed by atoms with Gasteiger partial charge in [-0.1, -0.05) is 6.92 Å². The standard InChI is InChI=1S/C11H21N3S/c1-5-15-7-6-9(2)12-11-13-10(3)8-14(11)4/h8-9H,5-7H2,1-4H3,(H,12,13). The lowest BCUT2D eigenvalue weighted by Gasteiger charge is -2.13. The van der Waals surface area contributed by atoms with Crippen LogP contribution in [0.2, 0.25) is 0 Å². The lowest BCUT2D eigenvalue weighted by atomic mass is 10.3. The summed E-state index contributed by atoms with van der Waals surface area (Å²) in [4.78, 5) is 4.42. The fourth-order valence-electron chi connectivity index (χ4n) is 1.45. The number of rotatable bonds is 6. The van der Waals surface area contributed by atoms with Crippen LogP contribution in [0.4, 0.5) is 5.95 Å². The fourth-order valence-corrected chi connectivity index (χ4v) is 2.26. The number of nitrogens with zero attached hydrogens (tertiary/aromatic N) is 2. The molecular formula is C11H21N3S. The summed E-state index contributed by atoms with van der Waals surface area (Å²) in [6, 6.07) is 0.490. The summed E-state index contributed by atoms with van der Waals surface area (Å²) in [5.41, 5.74) is 1.06. The summed E-state index contributed by atoms with van der Waals surface area (Å²) >= 11 is 1.99. The third-order valence-electron chi connectivity index (χ3n) is 2.27. The van der Waals surface area contributed by atoms with Crippen molar-refractivity contribution in [1.82, 2.24) is 9.55 Å². The van der Waals surface area contributed by atoms with Crippen LogP contribution in [0.5, 0.6) is 0 Å². The van der Waals surface area contributed by atoms with Crippen LogP contribution < -0.4 is 5.32 Å². The van der Waals surface area contributed by atoms with Gasteiger partial charge < -0.3 is 9.88 Å². The van der Waals surface area contributed by atoms with Crippen molar-refractivity contribution in [2.24, 2.45) is 7.05 Å². The molecule has 1 unspecified atom stereocenters. The Balaban J connectivity index is 2.37. The molecule has 0 bridgehead atoms. The maximum atomic E-state index is 4.42. The molecule has 0 saturated carbocycles. The molecule has 0 aliphatic heterocycles. The van der Waals surface area contributed by atoms with E-state index in [1.54, 1.807) is 0 Å². The highest BCUT2D eigenvalue weighted by molar-refractivity contribution is 7.99. The molecule has 0 aliphatic rings. The van der Waals surface area contributed by atoms with Crippen molar-refractivity contribution < 1.29 is 0 Å². The first-order valence-corrected chi connectivity index (χ1v) is 6.63. The Bertz CT molecular complexity index is 296. The first-order chi connectivity index (χ1) is 7.13. The molecule has 0 aromatic carbocycles. The molecule has 1 aromatic heterocycles. The van der Waals surface area contributed by atoms with Crippen molar-refractivity contribution in [3.05, 3.63) is 11.9 Å². The molecular weight excluding hydrogens is 206 g/mol. The second kappa shape index (κ2) is 6.05. The molecule has 1 N–H and O–H groups in total. The third-order valence-corrected chi connectivity index (χ3v) is 3.20. The largest absolute Gasteiger partial charge is 0.353 e. The van der Waals surface area contributed by atoms with Crippen molar-refractivity contribution in [3.63, 3.8) is 0 Å². The quantitative estimate of drug-likeness (QED) is 0.758. The minimum atomic E-state index is 0.490. The summed E-state index contributed by atoms with van der Waals surface area (Å²) in [5, 5.41) is 3.43. The molecule has 0 aliphatic carbocycles. The van der Waals surface area contributed by atoms with E-state index in [0.717, 1.165) is 11.6 Å². The Kier molecular flexibility index (Phi) is 5.02. The number of hydrogen-bond donors (Lipinski definition) is 1. The van der Waals surface area contributed by atoms with Gasteiger partial charge in [-0.3, -0.25) is 0 Å². The van der Waals surface area contributed by atoms with E-state index >= 15 is 0 Å². The lowest BCUT2D eigenvalue weighted by Crippen LogP contribution is -2.18. The van der Waals surface area contributed by atoms with Crippen molar-refractivity contribution in [3.8, 4) is 0 Å². The summed E-state index contributed by atoms with van der Waals surface area (Å²) in [6.07, 6.45) is 3.22. The lowest BCUT2D eigenvalue weighted by molar-refractivity contribution is 0.746. The second-order valence-electron chi connectivity index (χ2n) is 3.85. The first kappa shape index (κ1) is 12.4. The van der Waals surface area contributed by atoms with Gasteiger partial charge in [0.1, 0.15) is 0 Å². The van der Waals surface area contributed by atoms with Gasteiger partial charge in [-0.15, -0.1) is 0 Å². The van der Waals surface area contributed by atoms with Crippen molar-refractivity contribution in [2.45, 2.75) is 33.2 Å². The normalized spacial score (nSPS) is 12.8. The Morgan fingerprint density at radius 1 is 1.60 bits per heavy atom. The predicted octanol–water partition coefficient (Wildman–Crippen LogP) is 2.67. The van der Waals surface area contributed by atoms with Gasteiger partial charge in [-0.2, -0.15) is 11.8 Å². The van der Waals surface area contributed by atoms with Gasteiger partial charge in [0.05, 0.1) is 5.69 Å². The molecule has 0 amide bonds. The van der Waals surface area contributed by atoms with Crippen LogP contribution in [0.3, 0.4) is 0 Å². The van der Waals surface area contributed by atoms with Gasteiger partial charge in [0, 0.05) is 19.3 Å².